The number of hydrogen-bond donors (Lipinski definition) is 0. The maximum atomic E-state index is 2.54. The fraction of sp³-hybridized carbons (Fsp3) is 0.400. The Balaban J connectivity index is 2.14. The van der Waals surface area contributed by atoms with Crippen LogP contribution in [0.4, 0.5) is 17.1 Å². The Kier molecular flexibility index (Phi) is 3.14. The first-order chi connectivity index (χ1) is 11.0. The summed E-state index contributed by atoms with van der Waals surface area (Å²) in [5, 5.41) is 3.27. The summed E-state index contributed by atoms with van der Waals surface area (Å²) in [5.74, 6) is 0. The van der Waals surface area contributed by atoms with Gasteiger partial charge in [-0.25, -0.2) is 0 Å². The molecule has 0 fully saturated rings. The van der Waals surface area contributed by atoms with Crippen LogP contribution >= 0.6 is 0 Å². The van der Waals surface area contributed by atoms with Crippen molar-refractivity contribution in [3.8, 4) is 0 Å². The zero-order valence-electron chi connectivity index (χ0n) is 14.8. The average Bonchev–Trinajstić information content (AvgIpc) is 2.86. The normalized spacial score (nSPS) is 17.7. The van der Waals surface area contributed by atoms with Gasteiger partial charge in [0.05, 0.1) is 18.0 Å². The van der Waals surface area contributed by atoms with E-state index in [4.69, 9.17) is 0 Å². The number of anilines is 3. The number of benzene rings is 2. The van der Waals surface area contributed by atoms with E-state index in [2.05, 4.69) is 87.0 Å². The summed E-state index contributed by atoms with van der Waals surface area (Å²) in [6.45, 7) is 10.7. The Hall–Kier alpha value is -1.74. The number of nitrogens with zero attached hydrogens (tertiary/aromatic N) is 2. The molecule has 0 bridgehead atoms. The molecule has 0 atom stereocenters. The van der Waals surface area contributed by atoms with Crippen LogP contribution in [0.15, 0.2) is 42.5 Å². The van der Waals surface area contributed by atoms with Crippen molar-refractivity contribution < 1.29 is 0 Å². The van der Waals surface area contributed by atoms with Crippen LogP contribution in [0.2, 0.25) is 11.1 Å². The molecule has 0 aliphatic carbocycles. The lowest BCUT2D eigenvalue weighted by atomic mass is 10.2. The summed E-state index contributed by atoms with van der Waals surface area (Å²) >= 11 is 0. The maximum absolute atomic E-state index is 2.54. The Bertz CT molecular complexity index is 758. The van der Waals surface area contributed by atoms with Crippen molar-refractivity contribution in [3.05, 3.63) is 42.5 Å². The molecule has 23 heavy (non-hydrogen) atoms. The molecule has 2 aromatic carbocycles. The number of hydrogen-bond acceptors (Lipinski definition) is 2. The van der Waals surface area contributed by atoms with Gasteiger partial charge >= 0.3 is 0 Å². The minimum atomic E-state index is -1.81. The van der Waals surface area contributed by atoms with Crippen LogP contribution in [-0.2, 0) is 0 Å². The van der Waals surface area contributed by atoms with Gasteiger partial charge in [0.15, 0.2) is 0 Å². The van der Waals surface area contributed by atoms with Crippen LogP contribution in [0, 0.1) is 0 Å². The second-order valence-corrected chi connectivity index (χ2v) is 12.8. The highest BCUT2D eigenvalue weighted by Crippen LogP contribution is 2.47. The molecule has 0 spiro atoms. The van der Waals surface area contributed by atoms with E-state index in [0.717, 1.165) is 6.67 Å². The minimum Gasteiger partial charge on any atom is -0.355 e. The van der Waals surface area contributed by atoms with Crippen molar-refractivity contribution in [2.75, 3.05) is 23.5 Å². The molecular formula is C20H26N2Si. The molecule has 2 heterocycles. The molecular weight excluding hydrogens is 296 g/mol. The molecule has 3 heteroatoms. The van der Waals surface area contributed by atoms with Crippen molar-refractivity contribution in [1.29, 1.82) is 0 Å². The van der Waals surface area contributed by atoms with Crippen molar-refractivity contribution >= 4 is 35.5 Å². The fourth-order valence-electron chi connectivity index (χ4n) is 5.13. The zero-order valence-corrected chi connectivity index (χ0v) is 15.8. The summed E-state index contributed by atoms with van der Waals surface area (Å²) in [7, 11) is 0.403. The Morgan fingerprint density at radius 2 is 1.43 bits per heavy atom. The van der Waals surface area contributed by atoms with Gasteiger partial charge in [-0.1, -0.05) is 58.0 Å². The van der Waals surface area contributed by atoms with Crippen molar-refractivity contribution in [2.45, 2.75) is 38.8 Å². The van der Waals surface area contributed by atoms with E-state index in [1.807, 2.05) is 0 Å². The molecule has 4 rings (SSSR count). The summed E-state index contributed by atoms with van der Waals surface area (Å²) in [5.41, 5.74) is 5.70. The molecule has 2 aliphatic heterocycles. The Labute approximate surface area is 140 Å². The molecule has 0 radical (unpaired) electrons. The third-order valence-electron chi connectivity index (χ3n) is 5.96. The fourth-order valence-corrected chi connectivity index (χ4v) is 11.3. The summed E-state index contributed by atoms with van der Waals surface area (Å²) in [6.07, 6.45) is 0. The first-order valence-corrected chi connectivity index (χ1v) is 10.9. The van der Waals surface area contributed by atoms with E-state index in [1.54, 1.807) is 10.4 Å². The smallest absolute Gasteiger partial charge is 0.128 e. The molecule has 0 saturated heterocycles. The molecule has 2 nitrogen and oxygen atoms in total. The van der Waals surface area contributed by atoms with Crippen LogP contribution in [0.5, 0.6) is 0 Å². The Morgan fingerprint density at radius 3 is 2.13 bits per heavy atom. The first-order valence-electron chi connectivity index (χ1n) is 8.71. The maximum Gasteiger partial charge on any atom is 0.128 e. The largest absolute Gasteiger partial charge is 0.355 e. The van der Waals surface area contributed by atoms with Crippen LogP contribution in [0.3, 0.4) is 0 Å². The quantitative estimate of drug-likeness (QED) is 0.773. The van der Waals surface area contributed by atoms with Crippen LogP contribution in [0.25, 0.3) is 0 Å². The first kappa shape index (κ1) is 14.8. The second kappa shape index (κ2) is 4.87. The molecule has 0 saturated carbocycles. The second-order valence-electron chi connectivity index (χ2n) is 7.64. The SMILES string of the molecule is CC(C)[Si]1(C(C)C)c2ccccc2N2CN(C)c3cccc1c32. The average molecular weight is 323 g/mol. The summed E-state index contributed by atoms with van der Waals surface area (Å²) in [6, 6.07) is 16.2. The lowest BCUT2D eigenvalue weighted by Gasteiger charge is -2.47. The van der Waals surface area contributed by atoms with Gasteiger partial charge in [-0.3, -0.25) is 0 Å². The number of fused-ring (bicyclic) bond motifs is 2. The van der Waals surface area contributed by atoms with Crippen LogP contribution < -0.4 is 20.2 Å². The van der Waals surface area contributed by atoms with E-state index in [0.29, 0.717) is 11.1 Å². The van der Waals surface area contributed by atoms with Gasteiger partial charge in [0.1, 0.15) is 8.07 Å². The van der Waals surface area contributed by atoms with Gasteiger partial charge in [0.2, 0.25) is 0 Å². The summed E-state index contributed by atoms with van der Waals surface area (Å²) < 4.78 is 0. The minimum absolute atomic E-state index is 0.684. The molecule has 0 aromatic heterocycles. The lowest BCUT2D eigenvalue weighted by Crippen LogP contribution is -2.66. The van der Waals surface area contributed by atoms with E-state index >= 15 is 0 Å². The van der Waals surface area contributed by atoms with Gasteiger partial charge in [0.25, 0.3) is 0 Å². The third-order valence-corrected chi connectivity index (χ3v) is 12.2. The molecule has 0 N–H and O–H groups in total. The predicted octanol–water partition coefficient (Wildman–Crippen LogP) is 3.93. The van der Waals surface area contributed by atoms with Crippen molar-refractivity contribution in [2.24, 2.45) is 0 Å². The van der Waals surface area contributed by atoms with Gasteiger partial charge in [0, 0.05) is 12.7 Å². The van der Waals surface area contributed by atoms with Gasteiger partial charge in [-0.2, -0.15) is 0 Å². The Morgan fingerprint density at radius 1 is 0.826 bits per heavy atom. The molecule has 120 valence electrons. The van der Waals surface area contributed by atoms with E-state index in [9.17, 15) is 0 Å². The van der Waals surface area contributed by atoms with E-state index in [-0.39, 0.29) is 0 Å². The highest BCUT2D eigenvalue weighted by Gasteiger charge is 2.51. The van der Waals surface area contributed by atoms with Crippen LogP contribution in [0.1, 0.15) is 27.7 Å². The number of rotatable bonds is 2. The van der Waals surface area contributed by atoms with Crippen LogP contribution in [-0.4, -0.2) is 21.8 Å². The highest BCUT2D eigenvalue weighted by atomic mass is 28.3. The summed E-state index contributed by atoms with van der Waals surface area (Å²) in [4.78, 5) is 4.93. The van der Waals surface area contributed by atoms with Gasteiger partial charge < -0.3 is 9.80 Å². The monoisotopic (exact) mass is 322 g/mol. The molecule has 0 amide bonds. The topological polar surface area (TPSA) is 6.48 Å². The molecule has 2 aliphatic rings. The molecule has 0 unspecified atom stereocenters. The van der Waals surface area contributed by atoms with E-state index < -0.39 is 8.07 Å². The van der Waals surface area contributed by atoms with Crippen molar-refractivity contribution in [3.63, 3.8) is 0 Å². The van der Waals surface area contributed by atoms with Gasteiger partial charge in [-0.15, -0.1) is 0 Å². The lowest BCUT2D eigenvalue weighted by molar-refractivity contribution is 0.915. The standard InChI is InChI=1S/C20H26N2Si/c1-14(2)23(15(3)4)18-11-7-6-9-16(18)22-13-21(5)17-10-8-12-19(23)20(17)22/h6-12,14-15H,13H2,1-5H3. The third kappa shape index (κ3) is 1.69. The van der Waals surface area contributed by atoms with E-state index in [1.165, 1.54) is 17.1 Å². The number of para-hydroxylation sites is 2. The van der Waals surface area contributed by atoms with Crippen molar-refractivity contribution in [1.82, 2.24) is 0 Å². The van der Waals surface area contributed by atoms with Gasteiger partial charge in [-0.05, 0) is 33.6 Å². The predicted molar refractivity (Wildman–Crippen MR) is 104 cm³/mol. The molecule has 2 aromatic rings. The zero-order chi connectivity index (χ0) is 16.4. The highest BCUT2D eigenvalue weighted by molar-refractivity contribution is 7.06.